The van der Waals surface area contributed by atoms with Gasteiger partial charge in [0.2, 0.25) is 0 Å². The van der Waals surface area contributed by atoms with Crippen molar-refractivity contribution >= 4 is 15.9 Å². The molecular weight excluding hydrogens is 240 g/mol. The molecule has 2 nitrogen and oxygen atoms in total. The van der Waals surface area contributed by atoms with Gasteiger partial charge in [0, 0.05) is 22.8 Å². The Kier molecular flexibility index (Phi) is 2.88. The molecule has 0 saturated heterocycles. The molecule has 0 bridgehead atoms. The Hall–Kier alpha value is -0.410. The van der Waals surface area contributed by atoms with E-state index in [4.69, 9.17) is 0 Å². The Labute approximate surface area is 93.3 Å². The second kappa shape index (κ2) is 3.99. The molecular formula is C11H15BrN2. The fourth-order valence-electron chi connectivity index (χ4n) is 1.73. The molecule has 0 aliphatic heterocycles. The third-order valence-electron chi connectivity index (χ3n) is 2.97. The van der Waals surface area contributed by atoms with Gasteiger partial charge in [-0.25, -0.2) is 0 Å². The van der Waals surface area contributed by atoms with Crippen molar-refractivity contribution in [3.63, 3.8) is 0 Å². The summed E-state index contributed by atoms with van der Waals surface area (Å²) in [5, 5.41) is 3.56. The number of hydrogen-bond donors (Lipinski definition) is 1. The van der Waals surface area contributed by atoms with Crippen molar-refractivity contribution in [1.29, 1.82) is 0 Å². The summed E-state index contributed by atoms with van der Waals surface area (Å²) in [4.78, 5) is 4.33. The first-order valence-corrected chi connectivity index (χ1v) is 5.83. The highest BCUT2D eigenvalue weighted by Crippen LogP contribution is 2.31. The van der Waals surface area contributed by atoms with Crippen molar-refractivity contribution in [1.82, 2.24) is 10.3 Å². The van der Waals surface area contributed by atoms with Gasteiger partial charge in [0.15, 0.2) is 0 Å². The molecule has 0 atom stereocenters. The zero-order valence-electron chi connectivity index (χ0n) is 8.39. The average Bonchev–Trinajstić information content (AvgIpc) is 2.14. The van der Waals surface area contributed by atoms with Crippen LogP contribution in [0.3, 0.4) is 0 Å². The van der Waals surface area contributed by atoms with Crippen LogP contribution in [0, 0.1) is 0 Å². The van der Waals surface area contributed by atoms with Crippen LogP contribution in [0.2, 0.25) is 0 Å². The van der Waals surface area contributed by atoms with Crippen LogP contribution in [0.5, 0.6) is 0 Å². The average molecular weight is 255 g/mol. The quantitative estimate of drug-likeness (QED) is 0.898. The first-order chi connectivity index (χ1) is 6.70. The van der Waals surface area contributed by atoms with E-state index >= 15 is 0 Å². The molecule has 76 valence electrons. The lowest BCUT2D eigenvalue weighted by atomic mass is 9.78. The van der Waals surface area contributed by atoms with Crippen LogP contribution in [-0.4, -0.2) is 10.5 Å². The Morgan fingerprint density at radius 2 is 2.36 bits per heavy atom. The molecule has 3 heteroatoms. The summed E-state index contributed by atoms with van der Waals surface area (Å²) in [7, 11) is 0. The number of nitrogens with one attached hydrogen (secondary N) is 1. The van der Waals surface area contributed by atoms with Gasteiger partial charge in [-0.3, -0.25) is 4.98 Å². The number of hydrogen-bond acceptors (Lipinski definition) is 2. The summed E-state index contributed by atoms with van der Waals surface area (Å²) in [6.07, 6.45) is 5.77. The fourth-order valence-corrected chi connectivity index (χ4v) is 2.12. The molecule has 0 spiro atoms. The van der Waals surface area contributed by atoms with Gasteiger partial charge < -0.3 is 5.32 Å². The topological polar surface area (TPSA) is 24.9 Å². The van der Waals surface area contributed by atoms with E-state index in [-0.39, 0.29) is 0 Å². The minimum absolute atomic E-state index is 0.358. The molecule has 0 amide bonds. The van der Waals surface area contributed by atoms with Gasteiger partial charge in [0.1, 0.15) is 0 Å². The molecule has 14 heavy (non-hydrogen) atoms. The summed E-state index contributed by atoms with van der Waals surface area (Å²) in [6, 6.07) is 3.98. The maximum absolute atomic E-state index is 4.33. The highest BCUT2D eigenvalue weighted by Gasteiger charge is 2.30. The molecule has 1 aromatic rings. The molecule has 2 rings (SSSR count). The van der Waals surface area contributed by atoms with Crippen LogP contribution < -0.4 is 5.32 Å². The predicted molar refractivity (Wildman–Crippen MR) is 61.0 cm³/mol. The largest absolute Gasteiger partial charge is 0.306 e. The van der Waals surface area contributed by atoms with Gasteiger partial charge in [0.05, 0.1) is 5.69 Å². The first kappa shape index (κ1) is 10.1. The van der Waals surface area contributed by atoms with E-state index in [1.54, 1.807) is 0 Å². The zero-order valence-corrected chi connectivity index (χ0v) is 9.97. The lowest BCUT2D eigenvalue weighted by Crippen LogP contribution is -2.47. The zero-order chi connectivity index (χ0) is 10.0. The molecule has 1 aromatic heterocycles. The highest BCUT2D eigenvalue weighted by atomic mass is 79.9. The van der Waals surface area contributed by atoms with Crippen LogP contribution in [0.4, 0.5) is 0 Å². The van der Waals surface area contributed by atoms with Gasteiger partial charge in [-0.15, -0.1) is 0 Å². The second-order valence-corrected chi connectivity index (χ2v) is 5.05. The maximum Gasteiger partial charge on any atom is 0.0683 e. The van der Waals surface area contributed by atoms with Crippen LogP contribution in [0.25, 0.3) is 0 Å². The lowest BCUT2D eigenvalue weighted by molar-refractivity contribution is 0.206. The Balaban J connectivity index is 1.95. The molecule has 0 radical (unpaired) electrons. The number of pyridine rings is 1. The molecule has 1 aliphatic rings. The van der Waals surface area contributed by atoms with Crippen molar-refractivity contribution in [3.8, 4) is 0 Å². The summed E-state index contributed by atoms with van der Waals surface area (Å²) in [5.41, 5.74) is 1.46. The van der Waals surface area contributed by atoms with Crippen LogP contribution in [0.15, 0.2) is 22.8 Å². The molecule has 1 fully saturated rings. The summed E-state index contributed by atoms with van der Waals surface area (Å²) in [5.74, 6) is 0. The normalized spacial score (nSPS) is 19.0. The SMILES string of the molecule is CC1(NCc2ncccc2Br)CCC1. The van der Waals surface area contributed by atoms with E-state index in [1.807, 2.05) is 18.3 Å². The van der Waals surface area contributed by atoms with Gasteiger partial charge in [0.25, 0.3) is 0 Å². The van der Waals surface area contributed by atoms with E-state index < -0.39 is 0 Å². The molecule has 0 aromatic carbocycles. The minimum Gasteiger partial charge on any atom is -0.306 e. The van der Waals surface area contributed by atoms with Crippen molar-refractivity contribution in [3.05, 3.63) is 28.5 Å². The van der Waals surface area contributed by atoms with Gasteiger partial charge in [-0.05, 0) is 54.2 Å². The van der Waals surface area contributed by atoms with Crippen LogP contribution in [0.1, 0.15) is 31.9 Å². The number of aromatic nitrogens is 1. The number of halogens is 1. The monoisotopic (exact) mass is 254 g/mol. The van der Waals surface area contributed by atoms with Gasteiger partial charge in [-0.2, -0.15) is 0 Å². The highest BCUT2D eigenvalue weighted by molar-refractivity contribution is 9.10. The molecule has 1 N–H and O–H groups in total. The number of nitrogens with zero attached hydrogens (tertiary/aromatic N) is 1. The van der Waals surface area contributed by atoms with E-state index in [9.17, 15) is 0 Å². The molecule has 1 saturated carbocycles. The van der Waals surface area contributed by atoms with Crippen molar-refractivity contribution in [2.75, 3.05) is 0 Å². The Morgan fingerprint density at radius 3 is 2.93 bits per heavy atom. The summed E-state index contributed by atoms with van der Waals surface area (Å²) < 4.78 is 1.09. The number of rotatable bonds is 3. The Morgan fingerprint density at radius 1 is 1.57 bits per heavy atom. The standard InChI is InChI=1S/C11H15BrN2/c1-11(5-3-6-11)14-8-10-9(12)4-2-7-13-10/h2,4,7,14H,3,5-6,8H2,1H3. The van der Waals surface area contributed by atoms with Gasteiger partial charge >= 0.3 is 0 Å². The van der Waals surface area contributed by atoms with E-state index in [1.165, 1.54) is 19.3 Å². The fraction of sp³-hybridized carbons (Fsp3) is 0.545. The third-order valence-corrected chi connectivity index (χ3v) is 3.70. The second-order valence-electron chi connectivity index (χ2n) is 4.20. The van der Waals surface area contributed by atoms with Crippen molar-refractivity contribution < 1.29 is 0 Å². The first-order valence-electron chi connectivity index (χ1n) is 5.04. The van der Waals surface area contributed by atoms with Crippen molar-refractivity contribution in [2.24, 2.45) is 0 Å². The lowest BCUT2D eigenvalue weighted by Gasteiger charge is -2.39. The summed E-state index contributed by atoms with van der Waals surface area (Å²) >= 11 is 3.50. The molecule has 1 aliphatic carbocycles. The smallest absolute Gasteiger partial charge is 0.0683 e. The Bertz CT molecular complexity index is 321. The van der Waals surface area contributed by atoms with E-state index in [2.05, 4.69) is 33.2 Å². The minimum atomic E-state index is 0.358. The van der Waals surface area contributed by atoms with Gasteiger partial charge in [-0.1, -0.05) is 0 Å². The van der Waals surface area contributed by atoms with E-state index in [0.29, 0.717) is 5.54 Å². The van der Waals surface area contributed by atoms with Crippen LogP contribution >= 0.6 is 15.9 Å². The third kappa shape index (κ3) is 2.15. The summed E-state index contributed by atoms with van der Waals surface area (Å²) in [6.45, 7) is 3.14. The molecule has 0 unspecified atom stereocenters. The predicted octanol–water partition coefficient (Wildman–Crippen LogP) is 2.88. The van der Waals surface area contributed by atoms with E-state index in [0.717, 1.165) is 16.7 Å². The van der Waals surface area contributed by atoms with Crippen molar-refractivity contribution in [2.45, 2.75) is 38.3 Å². The molecule has 1 heterocycles. The maximum atomic E-state index is 4.33. The van der Waals surface area contributed by atoms with Crippen LogP contribution in [-0.2, 0) is 6.54 Å².